The summed E-state index contributed by atoms with van der Waals surface area (Å²) in [5.41, 5.74) is 0.196. The largest absolute Gasteiger partial charge is 0.361 e. The molecule has 0 spiro atoms. The molecular weight excluding hydrogens is 320 g/mol. The molecule has 0 fully saturated rings. The van der Waals surface area contributed by atoms with Crippen molar-refractivity contribution in [3.05, 3.63) is 58.3 Å². The number of aromatic nitrogens is 1. The maximum absolute atomic E-state index is 11.2. The minimum atomic E-state index is -1.54. The maximum Gasteiger partial charge on any atom is 0.225 e. The van der Waals surface area contributed by atoms with E-state index in [4.69, 9.17) is 5.84 Å². The van der Waals surface area contributed by atoms with Gasteiger partial charge in [-0.1, -0.05) is 22.0 Å². The monoisotopic (exact) mass is 332 g/mol. The molecule has 6 heteroatoms. The third-order valence-corrected chi connectivity index (χ3v) is 3.83. The van der Waals surface area contributed by atoms with Crippen LogP contribution < -0.4 is 5.84 Å². The molecule has 2 aromatic rings. The van der Waals surface area contributed by atoms with E-state index in [2.05, 4.69) is 25.9 Å². The standard InChI is InChI=1S/C14H13BrN4O/c1-9-18-12-6-5-10(15)8-11(12)14(20,19(9)16)13-4-2-3-7-17-13/h2-8,20H,16H2,1H3. The zero-order valence-electron chi connectivity index (χ0n) is 10.8. The molecular formula is C14H13BrN4O. The van der Waals surface area contributed by atoms with Crippen LogP contribution in [0, 0.1) is 0 Å². The molecule has 1 aliphatic heterocycles. The third kappa shape index (κ3) is 1.84. The topological polar surface area (TPSA) is 74.7 Å². The summed E-state index contributed by atoms with van der Waals surface area (Å²) in [4.78, 5) is 8.64. The summed E-state index contributed by atoms with van der Waals surface area (Å²) in [6, 6.07) is 10.9. The van der Waals surface area contributed by atoms with E-state index in [-0.39, 0.29) is 0 Å². The van der Waals surface area contributed by atoms with Gasteiger partial charge < -0.3 is 5.11 Å². The Morgan fingerprint density at radius 3 is 2.80 bits per heavy atom. The van der Waals surface area contributed by atoms with Crippen molar-refractivity contribution in [3.8, 4) is 0 Å². The number of hydrazine groups is 1. The van der Waals surface area contributed by atoms with Crippen LogP contribution in [0.5, 0.6) is 0 Å². The Labute approximate surface area is 124 Å². The zero-order chi connectivity index (χ0) is 14.3. The van der Waals surface area contributed by atoms with Crippen LogP contribution in [0.4, 0.5) is 5.69 Å². The summed E-state index contributed by atoms with van der Waals surface area (Å²) in [5, 5.41) is 12.4. The molecule has 0 radical (unpaired) electrons. The number of aliphatic imine (C=N–C) groups is 1. The summed E-state index contributed by atoms with van der Waals surface area (Å²) >= 11 is 3.41. The van der Waals surface area contributed by atoms with Crippen molar-refractivity contribution in [2.24, 2.45) is 10.8 Å². The Morgan fingerprint density at radius 1 is 1.30 bits per heavy atom. The number of hydrogen-bond donors (Lipinski definition) is 2. The molecule has 0 saturated carbocycles. The summed E-state index contributed by atoms with van der Waals surface area (Å²) < 4.78 is 0.841. The molecule has 0 saturated heterocycles. The smallest absolute Gasteiger partial charge is 0.225 e. The SMILES string of the molecule is CC1=Nc2ccc(Br)cc2C(O)(c2ccccn2)N1N. The van der Waals surface area contributed by atoms with Crippen molar-refractivity contribution in [2.45, 2.75) is 12.6 Å². The van der Waals surface area contributed by atoms with Crippen molar-refractivity contribution in [3.63, 3.8) is 0 Å². The molecule has 3 N–H and O–H groups in total. The molecule has 2 heterocycles. The van der Waals surface area contributed by atoms with Crippen molar-refractivity contribution in [2.75, 3.05) is 0 Å². The lowest BCUT2D eigenvalue weighted by Crippen LogP contribution is -2.55. The van der Waals surface area contributed by atoms with Gasteiger partial charge in [-0.25, -0.2) is 10.8 Å². The highest BCUT2D eigenvalue weighted by Gasteiger charge is 2.43. The van der Waals surface area contributed by atoms with E-state index in [1.54, 1.807) is 31.3 Å². The number of aliphatic hydroxyl groups is 1. The molecule has 3 rings (SSSR count). The minimum Gasteiger partial charge on any atom is -0.361 e. The Bertz CT molecular complexity index is 689. The molecule has 0 amide bonds. The van der Waals surface area contributed by atoms with E-state index in [1.807, 2.05) is 18.2 Å². The van der Waals surface area contributed by atoms with Crippen molar-refractivity contribution in [1.82, 2.24) is 9.99 Å². The summed E-state index contributed by atoms with van der Waals surface area (Å²) in [6.07, 6.45) is 1.62. The predicted octanol–water partition coefficient (Wildman–Crippen LogP) is 2.28. The fourth-order valence-corrected chi connectivity index (χ4v) is 2.67. The lowest BCUT2D eigenvalue weighted by atomic mass is 9.94. The fourth-order valence-electron chi connectivity index (χ4n) is 2.31. The molecule has 1 unspecified atom stereocenters. The quantitative estimate of drug-likeness (QED) is 0.785. The summed E-state index contributed by atoms with van der Waals surface area (Å²) in [6.45, 7) is 1.75. The molecule has 1 aliphatic rings. The Kier molecular flexibility index (Phi) is 3.08. The van der Waals surface area contributed by atoms with Crippen LogP contribution in [0.2, 0.25) is 0 Å². The molecule has 1 atom stereocenters. The van der Waals surface area contributed by atoms with Crippen molar-refractivity contribution >= 4 is 27.5 Å². The van der Waals surface area contributed by atoms with Gasteiger partial charge >= 0.3 is 0 Å². The minimum absolute atomic E-state index is 0.455. The van der Waals surface area contributed by atoms with Crippen molar-refractivity contribution in [1.29, 1.82) is 0 Å². The third-order valence-electron chi connectivity index (χ3n) is 3.34. The number of nitrogens with two attached hydrogens (primary N) is 1. The first-order valence-corrected chi connectivity index (χ1v) is 6.87. The van der Waals surface area contributed by atoms with Crippen LogP contribution in [0.25, 0.3) is 0 Å². The molecule has 20 heavy (non-hydrogen) atoms. The highest BCUT2D eigenvalue weighted by atomic mass is 79.9. The van der Waals surface area contributed by atoms with E-state index in [0.717, 1.165) is 4.47 Å². The number of nitrogens with zero attached hydrogens (tertiary/aromatic N) is 3. The number of rotatable bonds is 1. The van der Waals surface area contributed by atoms with Gasteiger partial charge in [0.2, 0.25) is 5.72 Å². The van der Waals surface area contributed by atoms with Gasteiger partial charge in [0.15, 0.2) is 0 Å². The van der Waals surface area contributed by atoms with Gasteiger partial charge in [0, 0.05) is 16.2 Å². The number of hydrogen-bond acceptors (Lipinski definition) is 5. The van der Waals surface area contributed by atoms with Gasteiger partial charge in [-0.15, -0.1) is 0 Å². The van der Waals surface area contributed by atoms with Crippen LogP contribution in [-0.4, -0.2) is 20.9 Å². The Morgan fingerprint density at radius 2 is 2.10 bits per heavy atom. The van der Waals surface area contributed by atoms with Gasteiger partial charge in [0.05, 0.1) is 11.4 Å². The van der Waals surface area contributed by atoms with Crippen LogP contribution >= 0.6 is 15.9 Å². The second kappa shape index (κ2) is 4.66. The molecule has 1 aromatic heterocycles. The van der Waals surface area contributed by atoms with Gasteiger partial charge in [0.1, 0.15) is 5.84 Å². The molecule has 5 nitrogen and oxygen atoms in total. The van der Waals surface area contributed by atoms with Gasteiger partial charge in [-0.3, -0.25) is 9.99 Å². The number of pyridine rings is 1. The first-order chi connectivity index (χ1) is 9.53. The van der Waals surface area contributed by atoms with Crippen LogP contribution in [0.15, 0.2) is 52.1 Å². The van der Waals surface area contributed by atoms with Crippen LogP contribution in [-0.2, 0) is 5.72 Å². The Balaban J connectivity index is 2.30. The van der Waals surface area contributed by atoms with Gasteiger partial charge in [0.25, 0.3) is 0 Å². The second-order valence-electron chi connectivity index (χ2n) is 4.58. The first-order valence-electron chi connectivity index (χ1n) is 6.07. The first kappa shape index (κ1) is 13.2. The lowest BCUT2D eigenvalue weighted by Gasteiger charge is -2.40. The number of fused-ring (bicyclic) bond motifs is 1. The second-order valence-corrected chi connectivity index (χ2v) is 5.49. The highest BCUT2D eigenvalue weighted by molar-refractivity contribution is 9.10. The van der Waals surface area contributed by atoms with E-state index in [0.29, 0.717) is 22.8 Å². The summed E-state index contributed by atoms with van der Waals surface area (Å²) in [7, 11) is 0. The maximum atomic E-state index is 11.2. The fraction of sp³-hybridized carbons (Fsp3) is 0.143. The van der Waals surface area contributed by atoms with E-state index >= 15 is 0 Å². The normalized spacial score (nSPS) is 21.4. The molecule has 1 aromatic carbocycles. The lowest BCUT2D eigenvalue weighted by molar-refractivity contribution is -0.0448. The van der Waals surface area contributed by atoms with E-state index < -0.39 is 5.72 Å². The predicted molar refractivity (Wildman–Crippen MR) is 80.2 cm³/mol. The van der Waals surface area contributed by atoms with Crippen LogP contribution in [0.1, 0.15) is 18.2 Å². The van der Waals surface area contributed by atoms with E-state index in [9.17, 15) is 5.11 Å². The van der Waals surface area contributed by atoms with Gasteiger partial charge in [-0.05, 0) is 37.3 Å². The van der Waals surface area contributed by atoms with E-state index in [1.165, 1.54) is 5.01 Å². The average Bonchev–Trinajstić information content (AvgIpc) is 2.47. The highest BCUT2D eigenvalue weighted by Crippen LogP contribution is 2.41. The summed E-state index contributed by atoms with van der Waals surface area (Å²) in [5.74, 6) is 6.57. The zero-order valence-corrected chi connectivity index (χ0v) is 12.4. The average molecular weight is 333 g/mol. The molecule has 0 bridgehead atoms. The molecule has 102 valence electrons. The molecule has 0 aliphatic carbocycles. The number of amidine groups is 1. The number of benzene rings is 1. The van der Waals surface area contributed by atoms with Crippen LogP contribution in [0.3, 0.4) is 0 Å². The van der Waals surface area contributed by atoms with Crippen molar-refractivity contribution < 1.29 is 5.11 Å². The Hall–Kier alpha value is -1.76. The van der Waals surface area contributed by atoms with Gasteiger partial charge in [-0.2, -0.15) is 0 Å². The number of halogens is 1.